The Morgan fingerprint density at radius 2 is 1.66 bits per heavy atom. The van der Waals surface area contributed by atoms with Gasteiger partial charge in [0.2, 0.25) is 5.91 Å². The van der Waals surface area contributed by atoms with Crippen LogP contribution in [0, 0.1) is 5.82 Å². The molecule has 2 heterocycles. The number of nitrogens with zero attached hydrogens (tertiary/aromatic N) is 4. The predicted octanol–water partition coefficient (Wildman–Crippen LogP) is 3.68. The highest BCUT2D eigenvalue weighted by atomic mass is 32.2. The Morgan fingerprint density at radius 3 is 2.28 bits per heavy atom. The molecule has 0 bridgehead atoms. The third kappa shape index (κ3) is 5.67. The quantitative estimate of drug-likeness (QED) is 0.547. The molecule has 0 spiro atoms. The number of carbonyl (C=O) groups excluding carboxylic acids is 1. The molecule has 4 rings (SSSR count). The van der Waals surface area contributed by atoms with Crippen molar-refractivity contribution in [2.45, 2.75) is 5.03 Å². The molecule has 0 unspecified atom stereocenters. The molecule has 9 heteroatoms. The minimum Gasteiger partial charge on any atom is -0.497 e. The Balaban J connectivity index is 1.24. The van der Waals surface area contributed by atoms with Crippen molar-refractivity contribution in [1.82, 2.24) is 10.2 Å². The highest BCUT2D eigenvalue weighted by molar-refractivity contribution is 7.99. The summed E-state index contributed by atoms with van der Waals surface area (Å²) >= 11 is 1.34. The molecule has 166 valence electrons. The summed E-state index contributed by atoms with van der Waals surface area (Å²) in [7, 11) is 1.60. The van der Waals surface area contributed by atoms with Crippen molar-refractivity contribution in [3.05, 3.63) is 66.5 Å². The zero-order chi connectivity index (χ0) is 22.3. The summed E-state index contributed by atoms with van der Waals surface area (Å²) in [6.45, 7) is 3.27. The lowest BCUT2D eigenvalue weighted by Gasteiger charge is -2.36. The molecule has 1 saturated heterocycles. The van der Waals surface area contributed by atoms with Gasteiger partial charge in [-0.05, 0) is 60.7 Å². The van der Waals surface area contributed by atoms with Gasteiger partial charge in [-0.3, -0.25) is 4.79 Å². The van der Waals surface area contributed by atoms with E-state index < -0.39 is 0 Å². The van der Waals surface area contributed by atoms with E-state index in [9.17, 15) is 9.18 Å². The number of amides is 1. The largest absolute Gasteiger partial charge is 0.497 e. The van der Waals surface area contributed by atoms with Crippen LogP contribution < -0.4 is 19.9 Å². The van der Waals surface area contributed by atoms with Crippen LogP contribution in [0.25, 0.3) is 0 Å². The number of hydrogen-bond acceptors (Lipinski definition) is 7. The van der Waals surface area contributed by atoms with Crippen molar-refractivity contribution in [3.63, 3.8) is 0 Å². The molecular formula is C23H24FN5O2S. The van der Waals surface area contributed by atoms with Gasteiger partial charge in [0.1, 0.15) is 16.6 Å². The summed E-state index contributed by atoms with van der Waals surface area (Å²) in [6.07, 6.45) is 0. The zero-order valence-corrected chi connectivity index (χ0v) is 18.5. The number of ether oxygens (including phenoxy) is 1. The van der Waals surface area contributed by atoms with E-state index in [1.54, 1.807) is 31.4 Å². The summed E-state index contributed by atoms with van der Waals surface area (Å²) in [6, 6.07) is 17.6. The fraction of sp³-hybridized carbons (Fsp3) is 0.261. The van der Waals surface area contributed by atoms with Gasteiger partial charge in [-0.2, -0.15) is 0 Å². The van der Waals surface area contributed by atoms with Crippen LogP contribution in [0.15, 0.2) is 65.7 Å². The van der Waals surface area contributed by atoms with Crippen LogP contribution in [0.4, 0.5) is 21.6 Å². The van der Waals surface area contributed by atoms with Gasteiger partial charge in [0.05, 0.1) is 12.9 Å². The average molecular weight is 454 g/mol. The first kappa shape index (κ1) is 21.9. The second-order valence-corrected chi connectivity index (χ2v) is 8.24. The molecule has 0 aliphatic carbocycles. The lowest BCUT2D eigenvalue weighted by Crippen LogP contribution is -2.46. The zero-order valence-electron chi connectivity index (χ0n) is 17.7. The molecule has 1 aliphatic rings. The van der Waals surface area contributed by atoms with E-state index in [0.717, 1.165) is 49.1 Å². The topological polar surface area (TPSA) is 70.6 Å². The van der Waals surface area contributed by atoms with Crippen molar-refractivity contribution in [2.75, 3.05) is 54.2 Å². The minimum absolute atomic E-state index is 0.108. The average Bonchev–Trinajstić information content (AvgIpc) is 2.84. The number of anilines is 3. The lowest BCUT2D eigenvalue weighted by molar-refractivity contribution is -0.113. The van der Waals surface area contributed by atoms with Crippen molar-refractivity contribution in [3.8, 4) is 5.75 Å². The van der Waals surface area contributed by atoms with Crippen LogP contribution in [0.5, 0.6) is 5.75 Å². The van der Waals surface area contributed by atoms with Gasteiger partial charge in [-0.25, -0.2) is 4.39 Å². The third-order valence-electron chi connectivity index (χ3n) is 5.15. The maximum absolute atomic E-state index is 13.1. The maximum atomic E-state index is 13.1. The monoisotopic (exact) mass is 453 g/mol. The van der Waals surface area contributed by atoms with Crippen molar-refractivity contribution >= 4 is 34.9 Å². The van der Waals surface area contributed by atoms with E-state index in [1.165, 1.54) is 23.9 Å². The number of hydrogen-bond donors (Lipinski definition) is 1. The first-order valence-electron chi connectivity index (χ1n) is 10.3. The number of methoxy groups -OCH3 is 1. The third-order valence-corrected chi connectivity index (χ3v) is 6.07. The molecule has 1 amide bonds. The first-order valence-corrected chi connectivity index (χ1v) is 11.3. The van der Waals surface area contributed by atoms with Crippen molar-refractivity contribution in [1.29, 1.82) is 0 Å². The highest BCUT2D eigenvalue weighted by Gasteiger charge is 2.19. The molecule has 1 N–H and O–H groups in total. The van der Waals surface area contributed by atoms with E-state index in [4.69, 9.17) is 4.74 Å². The molecular weight excluding hydrogens is 429 g/mol. The second-order valence-electron chi connectivity index (χ2n) is 7.25. The standard InChI is InChI=1S/C23H24FN5O2S/c1-31-20-8-4-18(5-9-20)25-22(30)16-32-23-11-10-21(26-27-23)29-14-12-28(13-15-29)19-6-2-17(24)3-7-19/h2-11H,12-16H2,1H3,(H,25,30). The van der Waals surface area contributed by atoms with Crippen molar-refractivity contribution < 1.29 is 13.9 Å². The fourth-order valence-corrected chi connectivity index (χ4v) is 4.03. The molecule has 0 saturated carbocycles. The van der Waals surface area contributed by atoms with E-state index in [-0.39, 0.29) is 17.5 Å². The summed E-state index contributed by atoms with van der Waals surface area (Å²) in [5.74, 6) is 1.47. The number of thioether (sulfide) groups is 1. The molecule has 32 heavy (non-hydrogen) atoms. The maximum Gasteiger partial charge on any atom is 0.234 e. The predicted molar refractivity (Wildman–Crippen MR) is 125 cm³/mol. The van der Waals surface area contributed by atoms with Crippen LogP contribution >= 0.6 is 11.8 Å². The van der Waals surface area contributed by atoms with Crippen LogP contribution in [-0.4, -0.2) is 55.1 Å². The molecule has 1 aromatic heterocycles. The van der Waals surface area contributed by atoms with Crippen LogP contribution in [0.2, 0.25) is 0 Å². The molecule has 3 aromatic rings. The Bertz CT molecular complexity index is 1020. The number of carbonyl (C=O) groups is 1. The van der Waals surface area contributed by atoms with E-state index in [0.29, 0.717) is 5.03 Å². The van der Waals surface area contributed by atoms with Gasteiger partial charge in [0.25, 0.3) is 0 Å². The van der Waals surface area contributed by atoms with Gasteiger partial charge in [0.15, 0.2) is 5.82 Å². The Labute approximate surface area is 190 Å². The fourth-order valence-electron chi connectivity index (χ4n) is 3.42. The molecule has 7 nitrogen and oxygen atoms in total. The van der Waals surface area contributed by atoms with Gasteiger partial charge >= 0.3 is 0 Å². The normalized spacial score (nSPS) is 13.7. The van der Waals surface area contributed by atoms with Crippen LogP contribution in [0.3, 0.4) is 0 Å². The SMILES string of the molecule is COc1ccc(NC(=O)CSc2ccc(N3CCN(c4ccc(F)cc4)CC3)nn2)cc1. The lowest BCUT2D eigenvalue weighted by atomic mass is 10.2. The highest BCUT2D eigenvalue weighted by Crippen LogP contribution is 2.22. The first-order chi connectivity index (χ1) is 15.6. The number of nitrogens with one attached hydrogen (secondary N) is 1. The van der Waals surface area contributed by atoms with E-state index in [2.05, 4.69) is 25.3 Å². The van der Waals surface area contributed by atoms with Gasteiger partial charge < -0.3 is 19.9 Å². The van der Waals surface area contributed by atoms with Crippen LogP contribution in [-0.2, 0) is 4.79 Å². The second kappa shape index (κ2) is 10.3. The Hall–Kier alpha value is -3.33. The molecule has 0 atom stereocenters. The smallest absolute Gasteiger partial charge is 0.234 e. The van der Waals surface area contributed by atoms with Gasteiger partial charge in [0, 0.05) is 37.6 Å². The molecule has 0 radical (unpaired) electrons. The van der Waals surface area contributed by atoms with Gasteiger partial charge in [-0.1, -0.05) is 11.8 Å². The summed E-state index contributed by atoms with van der Waals surface area (Å²) in [4.78, 5) is 16.6. The van der Waals surface area contributed by atoms with Crippen LogP contribution in [0.1, 0.15) is 0 Å². The number of halogens is 1. The number of piperazine rings is 1. The Morgan fingerprint density at radius 1 is 0.969 bits per heavy atom. The molecule has 2 aromatic carbocycles. The summed E-state index contributed by atoms with van der Waals surface area (Å²) < 4.78 is 18.2. The number of rotatable bonds is 7. The Kier molecular flexibility index (Phi) is 7.06. The minimum atomic E-state index is -0.223. The van der Waals surface area contributed by atoms with Crippen molar-refractivity contribution in [2.24, 2.45) is 0 Å². The van der Waals surface area contributed by atoms with E-state index in [1.807, 2.05) is 24.3 Å². The molecule has 1 fully saturated rings. The number of benzene rings is 2. The molecule has 1 aliphatic heterocycles. The summed E-state index contributed by atoms with van der Waals surface area (Å²) in [5, 5.41) is 12.1. The van der Waals surface area contributed by atoms with Gasteiger partial charge in [-0.15, -0.1) is 10.2 Å². The number of aromatic nitrogens is 2. The summed E-state index contributed by atoms with van der Waals surface area (Å²) in [5.41, 5.74) is 1.74. The van der Waals surface area contributed by atoms with E-state index >= 15 is 0 Å².